The Hall–Kier alpha value is -1.71. The Bertz CT molecular complexity index is 428. The summed E-state index contributed by atoms with van der Waals surface area (Å²) in [4.78, 5) is 23.6. The van der Waals surface area contributed by atoms with Crippen LogP contribution in [0.25, 0.3) is 0 Å². The fraction of sp³-hybridized carbons (Fsp3) is 0.200. The van der Waals surface area contributed by atoms with E-state index in [4.69, 9.17) is 0 Å². The number of halogens is 1. The Morgan fingerprint density at radius 3 is 2.86 bits per heavy atom. The molecule has 1 aromatic carbocycles. The van der Waals surface area contributed by atoms with Gasteiger partial charge in [0.15, 0.2) is 0 Å². The zero-order valence-electron chi connectivity index (χ0n) is 7.58. The van der Waals surface area contributed by atoms with Gasteiger partial charge in [-0.05, 0) is 23.8 Å². The first-order valence-electron chi connectivity index (χ1n) is 4.21. The van der Waals surface area contributed by atoms with Crippen LogP contribution in [0.3, 0.4) is 0 Å². The number of carbonyl (C=O) groups is 2. The maximum atomic E-state index is 12.8. The molecule has 72 valence electrons. The molecule has 0 aliphatic carbocycles. The molecule has 4 heteroatoms. The molecule has 0 atom stereocenters. The number of rotatable bonds is 0. The first kappa shape index (κ1) is 8.87. The molecule has 0 fully saturated rings. The van der Waals surface area contributed by atoms with Gasteiger partial charge >= 0.3 is 0 Å². The van der Waals surface area contributed by atoms with Crippen LogP contribution in [0.5, 0.6) is 0 Å². The lowest BCUT2D eigenvalue weighted by atomic mass is 10.1. The molecular weight excluding hydrogens is 185 g/mol. The summed E-state index contributed by atoms with van der Waals surface area (Å²) >= 11 is 0. The molecule has 3 nitrogen and oxygen atoms in total. The van der Waals surface area contributed by atoms with Crippen molar-refractivity contribution in [1.29, 1.82) is 0 Å². The van der Waals surface area contributed by atoms with E-state index < -0.39 is 0 Å². The highest BCUT2D eigenvalue weighted by atomic mass is 19.1. The average molecular weight is 193 g/mol. The van der Waals surface area contributed by atoms with E-state index in [1.54, 1.807) is 0 Å². The van der Waals surface area contributed by atoms with Crippen LogP contribution < -0.4 is 4.90 Å². The average Bonchev–Trinajstić information content (AvgIpc) is 2.39. The van der Waals surface area contributed by atoms with Gasteiger partial charge in [-0.25, -0.2) is 4.39 Å². The van der Waals surface area contributed by atoms with E-state index in [0.29, 0.717) is 11.3 Å². The van der Waals surface area contributed by atoms with Gasteiger partial charge in [-0.2, -0.15) is 0 Å². The fourth-order valence-electron chi connectivity index (χ4n) is 1.64. The first-order valence-corrected chi connectivity index (χ1v) is 4.21. The summed E-state index contributed by atoms with van der Waals surface area (Å²) in [5.74, 6) is -1.01. The lowest BCUT2D eigenvalue weighted by Gasteiger charge is -2.11. The Morgan fingerprint density at radius 1 is 1.50 bits per heavy atom. The molecular formula is C10H8FNO2. The Labute approximate surface area is 80.1 Å². The summed E-state index contributed by atoms with van der Waals surface area (Å²) in [5.41, 5.74) is 1.08. The topological polar surface area (TPSA) is 37.4 Å². The molecule has 14 heavy (non-hydrogen) atoms. The van der Waals surface area contributed by atoms with Gasteiger partial charge in [0.1, 0.15) is 5.82 Å². The van der Waals surface area contributed by atoms with Crippen LogP contribution in [0.2, 0.25) is 0 Å². The predicted octanol–water partition coefficient (Wildman–Crippen LogP) is 1.26. The first-order chi connectivity index (χ1) is 6.59. The summed E-state index contributed by atoms with van der Waals surface area (Å²) in [6.45, 7) is 1.32. The van der Waals surface area contributed by atoms with Gasteiger partial charge in [-0.15, -0.1) is 0 Å². The number of carbonyl (C=O) groups excluding carboxylic acids is 2. The van der Waals surface area contributed by atoms with Crippen molar-refractivity contribution < 1.29 is 14.0 Å². The van der Waals surface area contributed by atoms with Crippen LogP contribution in [0.1, 0.15) is 12.5 Å². The maximum absolute atomic E-state index is 12.8. The van der Waals surface area contributed by atoms with Gasteiger partial charge in [-0.1, -0.05) is 0 Å². The molecule has 1 aliphatic rings. The number of fused-ring (bicyclic) bond motifs is 1. The monoisotopic (exact) mass is 193 g/mol. The lowest BCUT2D eigenvalue weighted by molar-refractivity contribution is -0.124. The highest BCUT2D eigenvalue weighted by Gasteiger charge is 2.30. The minimum atomic E-state index is -0.387. The highest BCUT2D eigenvalue weighted by molar-refractivity contribution is 6.18. The van der Waals surface area contributed by atoms with E-state index >= 15 is 0 Å². The summed E-state index contributed by atoms with van der Waals surface area (Å²) in [5, 5.41) is 0. The molecule has 2 amide bonds. The number of hydrogen-bond acceptors (Lipinski definition) is 2. The van der Waals surface area contributed by atoms with E-state index in [9.17, 15) is 14.0 Å². The van der Waals surface area contributed by atoms with Gasteiger partial charge in [0.05, 0.1) is 12.1 Å². The van der Waals surface area contributed by atoms with Crippen LogP contribution in [-0.2, 0) is 16.0 Å². The Morgan fingerprint density at radius 2 is 2.21 bits per heavy atom. The van der Waals surface area contributed by atoms with Crippen LogP contribution in [0.15, 0.2) is 18.2 Å². The van der Waals surface area contributed by atoms with Crippen LogP contribution in [-0.4, -0.2) is 11.8 Å². The van der Waals surface area contributed by atoms with E-state index in [0.717, 1.165) is 4.90 Å². The van der Waals surface area contributed by atoms with Gasteiger partial charge in [0, 0.05) is 6.92 Å². The summed E-state index contributed by atoms with van der Waals surface area (Å²) in [6.07, 6.45) is 0.104. The second kappa shape index (κ2) is 2.90. The molecule has 0 aromatic heterocycles. The molecule has 1 aromatic rings. The molecule has 0 saturated carbocycles. The maximum Gasteiger partial charge on any atom is 0.238 e. The molecule has 0 radical (unpaired) electrons. The van der Waals surface area contributed by atoms with E-state index in [1.807, 2.05) is 0 Å². The zero-order valence-corrected chi connectivity index (χ0v) is 7.58. The Kier molecular flexibility index (Phi) is 1.84. The minimum absolute atomic E-state index is 0.104. The zero-order chi connectivity index (χ0) is 10.3. The number of imide groups is 1. The van der Waals surface area contributed by atoms with Crippen LogP contribution in [0, 0.1) is 5.82 Å². The second-order valence-electron chi connectivity index (χ2n) is 3.20. The molecule has 0 saturated heterocycles. The number of hydrogen-bond donors (Lipinski definition) is 0. The number of anilines is 1. The smallest absolute Gasteiger partial charge is 0.238 e. The van der Waals surface area contributed by atoms with Crippen molar-refractivity contribution in [3.8, 4) is 0 Å². The second-order valence-corrected chi connectivity index (χ2v) is 3.20. The third kappa shape index (κ3) is 1.19. The standard InChI is InChI=1S/C10H8FNO2/c1-6(13)12-9-3-2-8(11)4-7(9)5-10(12)14/h2-4H,5H2,1H3. The van der Waals surface area contributed by atoms with Crippen molar-refractivity contribution in [2.45, 2.75) is 13.3 Å². The summed E-state index contributed by atoms with van der Waals surface area (Å²) in [7, 11) is 0. The van der Waals surface area contributed by atoms with Gasteiger partial charge in [0.25, 0.3) is 0 Å². The van der Waals surface area contributed by atoms with E-state index in [1.165, 1.54) is 25.1 Å². The largest absolute Gasteiger partial charge is 0.274 e. The molecule has 0 unspecified atom stereocenters. The number of amides is 2. The van der Waals surface area contributed by atoms with Crippen LogP contribution in [0.4, 0.5) is 10.1 Å². The molecule has 0 spiro atoms. The third-order valence-corrected chi connectivity index (χ3v) is 2.19. The SMILES string of the molecule is CC(=O)N1C(=O)Cc2cc(F)ccc21. The summed E-state index contributed by atoms with van der Waals surface area (Å²) < 4.78 is 12.8. The van der Waals surface area contributed by atoms with Crippen molar-refractivity contribution >= 4 is 17.5 Å². The minimum Gasteiger partial charge on any atom is -0.274 e. The van der Waals surface area contributed by atoms with Crippen molar-refractivity contribution in [1.82, 2.24) is 0 Å². The van der Waals surface area contributed by atoms with Crippen molar-refractivity contribution in [3.05, 3.63) is 29.6 Å². The van der Waals surface area contributed by atoms with Crippen molar-refractivity contribution in [2.75, 3.05) is 4.90 Å². The third-order valence-electron chi connectivity index (χ3n) is 2.19. The summed E-state index contributed by atoms with van der Waals surface area (Å²) in [6, 6.07) is 3.99. The number of benzene rings is 1. The van der Waals surface area contributed by atoms with Gasteiger partial charge in [0.2, 0.25) is 11.8 Å². The molecule has 0 bridgehead atoms. The van der Waals surface area contributed by atoms with Gasteiger partial charge in [-0.3, -0.25) is 14.5 Å². The molecule has 1 heterocycles. The predicted molar refractivity (Wildman–Crippen MR) is 48.3 cm³/mol. The highest BCUT2D eigenvalue weighted by Crippen LogP contribution is 2.29. The normalized spacial score (nSPS) is 14.4. The lowest BCUT2D eigenvalue weighted by Crippen LogP contribution is -2.31. The van der Waals surface area contributed by atoms with Gasteiger partial charge < -0.3 is 0 Å². The van der Waals surface area contributed by atoms with Crippen molar-refractivity contribution in [2.24, 2.45) is 0 Å². The quantitative estimate of drug-likeness (QED) is 0.622. The molecule has 1 aliphatic heterocycles. The van der Waals surface area contributed by atoms with Crippen LogP contribution >= 0.6 is 0 Å². The Balaban J connectivity index is 2.53. The fourth-order valence-corrected chi connectivity index (χ4v) is 1.64. The van der Waals surface area contributed by atoms with Crippen molar-refractivity contribution in [3.63, 3.8) is 0 Å². The molecule has 0 N–H and O–H groups in total. The number of nitrogens with zero attached hydrogens (tertiary/aromatic N) is 1. The van der Waals surface area contributed by atoms with E-state index in [-0.39, 0.29) is 24.1 Å². The van der Waals surface area contributed by atoms with E-state index in [2.05, 4.69) is 0 Å². The molecule has 2 rings (SSSR count).